The number of aromatic nitrogens is 2. The molecular formula is C27H27FN6O2. The number of benzene rings is 2. The molecule has 1 aliphatic heterocycles. The number of H-pyrrole nitrogens is 1. The average Bonchev–Trinajstić information content (AvgIpc) is 3.18. The van der Waals surface area contributed by atoms with Gasteiger partial charge in [0.2, 0.25) is 0 Å². The van der Waals surface area contributed by atoms with Crippen LogP contribution in [0.25, 0.3) is 16.8 Å². The number of hydrogen-bond acceptors (Lipinski definition) is 7. The van der Waals surface area contributed by atoms with Crippen LogP contribution in [0.3, 0.4) is 0 Å². The molecule has 36 heavy (non-hydrogen) atoms. The maximum atomic E-state index is 15.8. The predicted octanol–water partition coefficient (Wildman–Crippen LogP) is 3.59. The Balaban J connectivity index is 1.72. The molecule has 0 saturated carbocycles. The summed E-state index contributed by atoms with van der Waals surface area (Å²) in [6.45, 7) is 4.26. The van der Waals surface area contributed by atoms with Gasteiger partial charge in [0, 0.05) is 25.2 Å². The summed E-state index contributed by atoms with van der Waals surface area (Å²) in [6.07, 6.45) is 3.29. The van der Waals surface area contributed by atoms with Crippen molar-refractivity contribution in [2.45, 2.75) is 37.8 Å². The molecular weight excluding hydrogens is 459 g/mol. The summed E-state index contributed by atoms with van der Waals surface area (Å²) < 4.78 is 21.7. The van der Waals surface area contributed by atoms with E-state index in [-0.39, 0.29) is 17.9 Å². The second kappa shape index (κ2) is 8.88. The summed E-state index contributed by atoms with van der Waals surface area (Å²) in [5, 5.41) is 24.0. The number of hydrazone groups is 1. The number of nitrogens with one attached hydrogen (secondary N) is 1. The van der Waals surface area contributed by atoms with Gasteiger partial charge in [-0.15, -0.1) is 0 Å². The topological polar surface area (TPSA) is 120 Å². The van der Waals surface area contributed by atoms with Crippen LogP contribution in [0.15, 0.2) is 52.1 Å². The molecule has 0 bridgehead atoms. The van der Waals surface area contributed by atoms with Crippen LogP contribution in [0, 0.1) is 17.2 Å². The van der Waals surface area contributed by atoms with Crippen LogP contribution in [-0.2, 0) is 12.0 Å². The van der Waals surface area contributed by atoms with E-state index in [1.54, 1.807) is 24.3 Å². The van der Waals surface area contributed by atoms with Gasteiger partial charge in [0.25, 0.3) is 5.56 Å². The minimum absolute atomic E-state index is 0.115. The second-order valence-corrected chi connectivity index (χ2v) is 9.37. The van der Waals surface area contributed by atoms with Gasteiger partial charge in [0.1, 0.15) is 11.6 Å². The smallest absolute Gasteiger partial charge is 0.275 e. The first-order valence-electron chi connectivity index (χ1n) is 11.9. The van der Waals surface area contributed by atoms with E-state index in [9.17, 15) is 10.1 Å². The van der Waals surface area contributed by atoms with Crippen LogP contribution < -0.4 is 16.0 Å². The summed E-state index contributed by atoms with van der Waals surface area (Å²) in [5.74, 6) is -1.43. The summed E-state index contributed by atoms with van der Waals surface area (Å²) >= 11 is 0. The lowest BCUT2D eigenvalue weighted by Crippen LogP contribution is -2.49. The molecule has 0 radical (unpaired) electrons. The van der Waals surface area contributed by atoms with Crippen molar-refractivity contribution >= 4 is 23.1 Å². The summed E-state index contributed by atoms with van der Waals surface area (Å²) in [7, 11) is 1.79. The molecule has 0 spiro atoms. The number of nitrogens with two attached hydrogens (primary N) is 1. The van der Waals surface area contributed by atoms with Crippen LogP contribution in [0.1, 0.15) is 42.1 Å². The van der Waals surface area contributed by atoms with Crippen LogP contribution in [0.4, 0.5) is 4.39 Å². The Morgan fingerprint density at radius 2 is 2.11 bits per heavy atom. The predicted molar refractivity (Wildman–Crippen MR) is 136 cm³/mol. The number of ether oxygens (including phenoxy) is 1. The van der Waals surface area contributed by atoms with Crippen LogP contribution in [0.5, 0.6) is 5.75 Å². The lowest BCUT2D eigenvalue weighted by Gasteiger charge is -2.41. The van der Waals surface area contributed by atoms with Gasteiger partial charge in [-0.25, -0.2) is 9.49 Å². The van der Waals surface area contributed by atoms with Gasteiger partial charge >= 0.3 is 0 Å². The first-order valence-corrected chi connectivity index (χ1v) is 11.9. The molecule has 9 heteroatoms. The van der Waals surface area contributed by atoms with Crippen molar-refractivity contribution in [2.75, 3.05) is 13.7 Å². The highest BCUT2D eigenvalue weighted by Crippen LogP contribution is 2.49. The fraction of sp³-hybridized carbons (Fsp3) is 0.333. The van der Waals surface area contributed by atoms with Gasteiger partial charge < -0.3 is 10.5 Å². The maximum Gasteiger partial charge on any atom is 0.275 e. The van der Waals surface area contributed by atoms with E-state index in [2.05, 4.69) is 21.4 Å². The quantitative estimate of drug-likeness (QED) is 0.569. The van der Waals surface area contributed by atoms with Gasteiger partial charge in [-0.05, 0) is 48.7 Å². The molecule has 0 saturated heterocycles. The molecule has 2 aromatic carbocycles. The Morgan fingerprint density at radius 1 is 1.33 bits per heavy atom. The normalized spacial score (nSPS) is 24.9. The molecule has 184 valence electrons. The highest BCUT2D eigenvalue weighted by molar-refractivity contribution is 5.92. The molecule has 1 aromatic heterocycles. The van der Waals surface area contributed by atoms with Crippen molar-refractivity contribution in [1.29, 1.82) is 5.26 Å². The lowest BCUT2D eigenvalue weighted by atomic mass is 9.65. The molecule has 0 amide bonds. The van der Waals surface area contributed by atoms with Gasteiger partial charge in [0.15, 0.2) is 0 Å². The third-order valence-electron chi connectivity index (χ3n) is 7.35. The van der Waals surface area contributed by atoms with Gasteiger partial charge in [0.05, 0.1) is 47.0 Å². The second-order valence-electron chi connectivity index (χ2n) is 9.37. The number of likely N-dealkylation sites (N-methyl/N-ethyl adjacent to an activating group) is 1. The third kappa shape index (κ3) is 3.48. The Kier molecular flexibility index (Phi) is 5.85. The molecule has 2 aliphatic rings. The number of fused-ring (bicyclic) bond motifs is 2. The van der Waals surface area contributed by atoms with E-state index < -0.39 is 23.3 Å². The number of aromatic amines is 1. The fourth-order valence-electron chi connectivity index (χ4n) is 5.65. The highest BCUT2D eigenvalue weighted by Gasteiger charge is 2.51. The van der Waals surface area contributed by atoms with Crippen LogP contribution >= 0.6 is 0 Å². The van der Waals surface area contributed by atoms with Crippen molar-refractivity contribution in [3.05, 3.63) is 75.0 Å². The summed E-state index contributed by atoms with van der Waals surface area (Å²) in [5.41, 5.74) is 7.53. The Labute approximate surface area is 207 Å². The maximum absolute atomic E-state index is 15.8. The van der Waals surface area contributed by atoms with E-state index in [0.29, 0.717) is 34.4 Å². The Hall–Kier alpha value is -4.03. The van der Waals surface area contributed by atoms with E-state index in [4.69, 9.17) is 10.5 Å². The van der Waals surface area contributed by atoms with Crippen LogP contribution in [-0.4, -0.2) is 41.1 Å². The molecule has 3 aromatic rings. The number of hydrogen-bond donors (Lipinski definition) is 2. The van der Waals surface area contributed by atoms with E-state index in [1.807, 2.05) is 44.2 Å². The molecule has 1 aliphatic carbocycles. The fourth-order valence-corrected chi connectivity index (χ4v) is 5.65. The van der Waals surface area contributed by atoms with E-state index in [1.165, 1.54) is 6.08 Å². The lowest BCUT2D eigenvalue weighted by molar-refractivity contribution is 0.155. The van der Waals surface area contributed by atoms with Crippen molar-refractivity contribution in [2.24, 2.45) is 16.8 Å². The van der Waals surface area contributed by atoms with Crippen molar-refractivity contribution in [3.8, 4) is 11.8 Å². The van der Waals surface area contributed by atoms with E-state index >= 15 is 4.39 Å². The van der Waals surface area contributed by atoms with Crippen molar-refractivity contribution < 1.29 is 9.13 Å². The number of halogens is 1. The average molecular weight is 487 g/mol. The number of rotatable bonds is 5. The first-order chi connectivity index (χ1) is 17.3. The van der Waals surface area contributed by atoms with Crippen LogP contribution in [0.2, 0.25) is 0 Å². The number of nitriles is 1. The Morgan fingerprint density at radius 3 is 2.83 bits per heavy atom. The zero-order valence-electron chi connectivity index (χ0n) is 20.3. The standard InChI is InChI=1S/C27H27FN6O2/c1-4-36-22-11-16(10-18-21(13-30)32-33-26(35)24(18)22)27(2)14-31-34(3)25(27)23-19(12-29)17-8-6-5-7-15(17)9-20(23)28/h5-11,14,19,23,25H,4,13,30H2,1-3H3,(H,33,35)/t19?,23-,25?,27?/m0/s1. The van der Waals surface area contributed by atoms with Crippen molar-refractivity contribution in [1.82, 2.24) is 15.2 Å². The SMILES string of the molecule is CCOc1cc(C2(C)C=NN(C)C2[C@@H]2C(F)=Cc3ccccc3C2C#N)cc2c(CN)n[nH]c(=O)c12. The highest BCUT2D eigenvalue weighted by atomic mass is 19.1. The molecule has 8 nitrogen and oxygen atoms in total. The largest absolute Gasteiger partial charge is 0.493 e. The van der Waals surface area contributed by atoms with Gasteiger partial charge in [-0.1, -0.05) is 24.3 Å². The first kappa shape index (κ1) is 23.7. The summed E-state index contributed by atoms with van der Waals surface area (Å²) in [4.78, 5) is 12.7. The summed E-state index contributed by atoms with van der Waals surface area (Å²) in [6, 6.07) is 12.9. The Bertz CT molecular complexity index is 1510. The molecule has 0 fully saturated rings. The monoisotopic (exact) mass is 486 g/mol. The zero-order chi connectivity index (χ0) is 25.6. The zero-order valence-corrected chi connectivity index (χ0v) is 20.3. The molecule has 3 N–H and O–H groups in total. The molecule has 3 unspecified atom stereocenters. The van der Waals surface area contributed by atoms with Gasteiger partial charge in [-0.3, -0.25) is 9.80 Å². The van der Waals surface area contributed by atoms with Crippen molar-refractivity contribution in [3.63, 3.8) is 0 Å². The molecule has 5 rings (SSSR count). The minimum atomic E-state index is -0.819. The molecule has 4 atom stereocenters. The minimum Gasteiger partial charge on any atom is -0.493 e. The van der Waals surface area contributed by atoms with E-state index in [0.717, 1.165) is 11.1 Å². The number of nitrogens with zero attached hydrogens (tertiary/aromatic N) is 4. The third-order valence-corrected chi connectivity index (χ3v) is 7.35. The van der Waals surface area contributed by atoms with Gasteiger partial charge in [-0.2, -0.15) is 15.5 Å². The molecule has 2 heterocycles.